The maximum atomic E-state index is 12.0. The third-order valence-electron chi connectivity index (χ3n) is 2.60. The minimum absolute atomic E-state index is 0.00160. The molecule has 0 radical (unpaired) electrons. The summed E-state index contributed by atoms with van der Waals surface area (Å²) in [6, 6.07) is 1.79. The number of carbonyl (C=O) groups excluding carboxylic acids is 1. The lowest BCUT2D eigenvalue weighted by Gasteiger charge is -2.27. The van der Waals surface area contributed by atoms with Crippen LogP contribution in [-0.2, 0) is 0 Å². The smallest absolute Gasteiger partial charge is 0.252 e. The molecule has 1 amide bonds. The van der Waals surface area contributed by atoms with Crippen LogP contribution in [0.1, 0.15) is 30.6 Å². The number of hydrogen-bond donors (Lipinski definition) is 3. The molecule has 1 rings (SSSR count). The molecule has 5 nitrogen and oxygen atoms in total. The number of nitrogens with two attached hydrogens (primary N) is 1. The van der Waals surface area contributed by atoms with Crippen molar-refractivity contribution in [3.8, 4) is 0 Å². The van der Waals surface area contributed by atoms with Crippen LogP contribution in [0.15, 0.2) is 16.6 Å². The van der Waals surface area contributed by atoms with Crippen LogP contribution in [0.3, 0.4) is 0 Å². The van der Waals surface area contributed by atoms with Crippen molar-refractivity contribution < 1.29 is 10.0 Å². The Bertz CT molecular complexity index is 447. The van der Waals surface area contributed by atoms with Crippen LogP contribution in [0.4, 0.5) is 0 Å². The zero-order valence-electron chi connectivity index (χ0n) is 9.53. The van der Waals surface area contributed by atoms with E-state index in [0.717, 1.165) is 2.88 Å². The summed E-state index contributed by atoms with van der Waals surface area (Å²) in [5, 5.41) is 16.2. The summed E-state index contributed by atoms with van der Waals surface area (Å²) < 4.78 is 1.04. The quantitative estimate of drug-likeness (QED) is 0.250. The summed E-state index contributed by atoms with van der Waals surface area (Å²) in [4.78, 5) is 12.0. The molecule has 1 aromatic rings. The molecule has 1 atom stereocenters. The standard InChI is InChI=1S/C10H14IN3O2S/c1-3-10(2,9(12)14-16)13-8(15)6-4-7(11)17-5-6/h4-5,16H,3H2,1-2H3,(H2,12,14)(H,13,15). The number of halogens is 1. The molecule has 4 N–H and O–H groups in total. The van der Waals surface area contributed by atoms with E-state index in [1.165, 1.54) is 11.3 Å². The summed E-state index contributed by atoms with van der Waals surface area (Å²) in [5.74, 6) is -0.224. The van der Waals surface area contributed by atoms with Gasteiger partial charge in [-0.2, -0.15) is 0 Å². The van der Waals surface area contributed by atoms with Gasteiger partial charge in [0.25, 0.3) is 5.91 Å². The van der Waals surface area contributed by atoms with E-state index in [2.05, 4.69) is 33.1 Å². The highest BCUT2D eigenvalue weighted by Gasteiger charge is 2.30. The molecule has 0 aromatic carbocycles. The number of rotatable bonds is 4. The largest absolute Gasteiger partial charge is 0.409 e. The van der Waals surface area contributed by atoms with Gasteiger partial charge in [-0.3, -0.25) is 4.79 Å². The molecular weight excluding hydrogens is 353 g/mol. The lowest BCUT2D eigenvalue weighted by atomic mass is 9.97. The van der Waals surface area contributed by atoms with E-state index in [4.69, 9.17) is 10.9 Å². The molecule has 0 spiro atoms. The van der Waals surface area contributed by atoms with E-state index in [1.807, 2.05) is 6.92 Å². The van der Waals surface area contributed by atoms with Gasteiger partial charge < -0.3 is 16.3 Å². The van der Waals surface area contributed by atoms with Gasteiger partial charge in [-0.1, -0.05) is 12.1 Å². The fourth-order valence-electron chi connectivity index (χ4n) is 1.20. The SMILES string of the molecule is CCC(C)(NC(=O)c1csc(I)c1)C(N)=NO. The Balaban J connectivity index is 2.86. The van der Waals surface area contributed by atoms with Crippen LogP contribution in [0.2, 0.25) is 0 Å². The first-order valence-corrected chi connectivity index (χ1v) is 6.93. The van der Waals surface area contributed by atoms with Gasteiger partial charge in [-0.05, 0) is 42.0 Å². The van der Waals surface area contributed by atoms with E-state index < -0.39 is 5.54 Å². The molecule has 1 unspecified atom stereocenters. The van der Waals surface area contributed by atoms with E-state index >= 15 is 0 Å². The Kier molecular flexibility index (Phi) is 4.75. The number of nitrogens with zero attached hydrogens (tertiary/aromatic N) is 1. The Hall–Kier alpha value is -0.830. The van der Waals surface area contributed by atoms with E-state index in [9.17, 15) is 4.79 Å². The molecule has 17 heavy (non-hydrogen) atoms. The summed E-state index contributed by atoms with van der Waals surface area (Å²) in [6.45, 7) is 3.58. The molecule has 0 saturated carbocycles. The third-order valence-corrected chi connectivity index (χ3v) is 4.39. The summed E-state index contributed by atoms with van der Waals surface area (Å²) >= 11 is 3.65. The molecule has 7 heteroatoms. The van der Waals surface area contributed by atoms with Crippen molar-refractivity contribution in [3.05, 3.63) is 19.9 Å². The molecular formula is C10H14IN3O2S. The maximum absolute atomic E-state index is 12.0. The van der Waals surface area contributed by atoms with E-state index in [-0.39, 0.29) is 11.7 Å². The summed E-state index contributed by atoms with van der Waals surface area (Å²) in [5.41, 5.74) is 5.33. The van der Waals surface area contributed by atoms with Crippen LogP contribution in [0, 0.1) is 2.88 Å². The van der Waals surface area contributed by atoms with Crippen LogP contribution in [-0.4, -0.2) is 22.5 Å². The third kappa shape index (κ3) is 3.32. The van der Waals surface area contributed by atoms with Crippen LogP contribution >= 0.6 is 33.9 Å². The van der Waals surface area contributed by atoms with E-state index in [1.54, 1.807) is 18.4 Å². The molecule has 0 aliphatic rings. The Labute approximate surface area is 117 Å². The maximum Gasteiger partial charge on any atom is 0.252 e. The highest BCUT2D eigenvalue weighted by atomic mass is 127. The average molecular weight is 367 g/mol. The predicted octanol–water partition coefficient (Wildman–Crippen LogP) is 2.00. The first-order valence-electron chi connectivity index (χ1n) is 4.97. The zero-order valence-corrected chi connectivity index (χ0v) is 12.5. The van der Waals surface area contributed by atoms with Gasteiger partial charge >= 0.3 is 0 Å². The van der Waals surface area contributed by atoms with Gasteiger partial charge in [0, 0.05) is 5.38 Å². The number of thiophene rings is 1. The predicted molar refractivity (Wildman–Crippen MR) is 76.6 cm³/mol. The minimum atomic E-state index is -0.834. The molecule has 0 bridgehead atoms. The monoisotopic (exact) mass is 367 g/mol. The summed E-state index contributed by atoms with van der Waals surface area (Å²) in [7, 11) is 0. The summed E-state index contributed by atoms with van der Waals surface area (Å²) in [6.07, 6.45) is 0.538. The first-order chi connectivity index (χ1) is 7.92. The molecule has 0 aliphatic heterocycles. The normalized spacial score (nSPS) is 15.4. The lowest BCUT2D eigenvalue weighted by Crippen LogP contribution is -2.55. The van der Waals surface area contributed by atoms with Gasteiger partial charge in [0.15, 0.2) is 5.84 Å². The van der Waals surface area contributed by atoms with Gasteiger partial charge in [0.1, 0.15) is 0 Å². The van der Waals surface area contributed by atoms with Crippen LogP contribution in [0.25, 0.3) is 0 Å². The van der Waals surface area contributed by atoms with Crippen molar-refractivity contribution in [2.24, 2.45) is 10.9 Å². The van der Waals surface area contributed by atoms with Gasteiger partial charge in [0.2, 0.25) is 0 Å². The van der Waals surface area contributed by atoms with Crippen molar-refractivity contribution in [2.75, 3.05) is 0 Å². The fourth-order valence-corrected chi connectivity index (χ4v) is 2.52. The Morgan fingerprint density at radius 3 is 2.82 bits per heavy atom. The van der Waals surface area contributed by atoms with Crippen molar-refractivity contribution in [1.29, 1.82) is 0 Å². The number of amides is 1. The van der Waals surface area contributed by atoms with Crippen molar-refractivity contribution >= 4 is 45.7 Å². The number of nitrogens with one attached hydrogen (secondary N) is 1. The highest BCUT2D eigenvalue weighted by molar-refractivity contribution is 14.1. The fraction of sp³-hybridized carbons (Fsp3) is 0.400. The molecule has 94 valence electrons. The molecule has 1 aromatic heterocycles. The van der Waals surface area contributed by atoms with Crippen LogP contribution < -0.4 is 11.1 Å². The molecule has 1 heterocycles. The second-order valence-electron chi connectivity index (χ2n) is 3.76. The van der Waals surface area contributed by atoms with Crippen molar-refractivity contribution in [3.63, 3.8) is 0 Å². The number of carbonyl (C=O) groups is 1. The number of oxime groups is 1. The zero-order chi connectivity index (χ0) is 13.1. The van der Waals surface area contributed by atoms with Gasteiger partial charge in [0.05, 0.1) is 14.0 Å². The van der Waals surface area contributed by atoms with Crippen molar-refractivity contribution in [1.82, 2.24) is 5.32 Å². The van der Waals surface area contributed by atoms with E-state index in [0.29, 0.717) is 12.0 Å². The molecule has 0 saturated heterocycles. The minimum Gasteiger partial charge on any atom is -0.409 e. The van der Waals surface area contributed by atoms with Crippen LogP contribution in [0.5, 0.6) is 0 Å². The second kappa shape index (κ2) is 5.67. The number of hydrogen-bond acceptors (Lipinski definition) is 4. The average Bonchev–Trinajstić information content (AvgIpc) is 2.74. The van der Waals surface area contributed by atoms with Gasteiger partial charge in [-0.25, -0.2) is 0 Å². The molecule has 0 fully saturated rings. The highest BCUT2D eigenvalue weighted by Crippen LogP contribution is 2.18. The number of amidine groups is 1. The lowest BCUT2D eigenvalue weighted by molar-refractivity contribution is 0.0925. The second-order valence-corrected chi connectivity index (χ2v) is 6.57. The van der Waals surface area contributed by atoms with Crippen molar-refractivity contribution in [2.45, 2.75) is 25.8 Å². The molecule has 0 aliphatic carbocycles. The Morgan fingerprint density at radius 2 is 2.41 bits per heavy atom. The Morgan fingerprint density at radius 1 is 1.76 bits per heavy atom. The topological polar surface area (TPSA) is 87.7 Å². The van der Waals surface area contributed by atoms with Gasteiger partial charge in [-0.15, -0.1) is 11.3 Å². The first kappa shape index (κ1) is 14.2.